The SMILES string of the molecule is Cn1c(CNC2CC2)nc2ccc(F)cc21. The average molecular weight is 219 g/mol. The first kappa shape index (κ1) is 9.78. The zero-order chi connectivity index (χ0) is 11.1. The second kappa shape index (κ2) is 3.56. The molecule has 16 heavy (non-hydrogen) atoms. The monoisotopic (exact) mass is 219 g/mol. The molecular formula is C12H14FN3. The van der Waals surface area contributed by atoms with E-state index in [-0.39, 0.29) is 5.82 Å². The van der Waals surface area contributed by atoms with Gasteiger partial charge in [0.2, 0.25) is 0 Å². The molecule has 1 saturated carbocycles. The number of fused-ring (bicyclic) bond motifs is 1. The third-order valence-electron chi connectivity index (χ3n) is 3.06. The molecular weight excluding hydrogens is 205 g/mol. The Morgan fingerprint density at radius 2 is 2.31 bits per heavy atom. The van der Waals surface area contributed by atoms with E-state index in [1.165, 1.54) is 25.0 Å². The van der Waals surface area contributed by atoms with Crippen LogP contribution in [0.3, 0.4) is 0 Å². The molecule has 84 valence electrons. The third kappa shape index (κ3) is 1.69. The molecule has 0 saturated heterocycles. The van der Waals surface area contributed by atoms with E-state index in [1.807, 2.05) is 11.6 Å². The van der Waals surface area contributed by atoms with Crippen LogP contribution in [0.15, 0.2) is 18.2 Å². The number of hydrogen-bond acceptors (Lipinski definition) is 2. The van der Waals surface area contributed by atoms with E-state index in [0.29, 0.717) is 6.04 Å². The molecule has 0 aliphatic heterocycles. The lowest BCUT2D eigenvalue weighted by Crippen LogP contribution is -2.18. The zero-order valence-electron chi connectivity index (χ0n) is 9.20. The van der Waals surface area contributed by atoms with Gasteiger partial charge in [0, 0.05) is 13.1 Å². The van der Waals surface area contributed by atoms with E-state index >= 15 is 0 Å². The smallest absolute Gasteiger partial charge is 0.125 e. The predicted molar refractivity (Wildman–Crippen MR) is 60.5 cm³/mol. The summed E-state index contributed by atoms with van der Waals surface area (Å²) in [5, 5.41) is 3.41. The van der Waals surface area contributed by atoms with E-state index in [2.05, 4.69) is 10.3 Å². The molecule has 3 rings (SSSR count). The minimum atomic E-state index is -0.211. The Morgan fingerprint density at radius 3 is 3.06 bits per heavy atom. The largest absolute Gasteiger partial charge is 0.330 e. The Hall–Kier alpha value is -1.42. The second-order valence-corrected chi connectivity index (χ2v) is 4.38. The van der Waals surface area contributed by atoms with E-state index in [0.717, 1.165) is 23.4 Å². The van der Waals surface area contributed by atoms with Crippen molar-refractivity contribution in [3.8, 4) is 0 Å². The summed E-state index contributed by atoms with van der Waals surface area (Å²) < 4.78 is 15.0. The minimum Gasteiger partial charge on any atom is -0.330 e. The summed E-state index contributed by atoms with van der Waals surface area (Å²) in [6.45, 7) is 0.761. The van der Waals surface area contributed by atoms with E-state index < -0.39 is 0 Å². The van der Waals surface area contributed by atoms with Gasteiger partial charge in [-0.15, -0.1) is 0 Å². The molecule has 1 aliphatic carbocycles. The molecule has 0 atom stereocenters. The highest BCUT2D eigenvalue weighted by Crippen LogP contribution is 2.20. The molecule has 0 spiro atoms. The molecule has 0 unspecified atom stereocenters. The average Bonchev–Trinajstić information content (AvgIpc) is 3.04. The van der Waals surface area contributed by atoms with Gasteiger partial charge in [0.15, 0.2) is 0 Å². The van der Waals surface area contributed by atoms with Crippen molar-refractivity contribution in [2.45, 2.75) is 25.4 Å². The van der Waals surface area contributed by atoms with Crippen molar-refractivity contribution in [2.75, 3.05) is 0 Å². The van der Waals surface area contributed by atoms with Gasteiger partial charge in [-0.1, -0.05) is 0 Å². The van der Waals surface area contributed by atoms with Crippen molar-refractivity contribution < 1.29 is 4.39 Å². The second-order valence-electron chi connectivity index (χ2n) is 4.38. The van der Waals surface area contributed by atoms with Gasteiger partial charge in [0.1, 0.15) is 11.6 Å². The van der Waals surface area contributed by atoms with Crippen molar-refractivity contribution in [3.05, 3.63) is 29.8 Å². The van der Waals surface area contributed by atoms with Crippen LogP contribution in [0.4, 0.5) is 4.39 Å². The molecule has 1 aromatic carbocycles. The van der Waals surface area contributed by atoms with E-state index in [1.54, 1.807) is 6.07 Å². The molecule has 1 aromatic heterocycles. The van der Waals surface area contributed by atoms with Crippen LogP contribution in [-0.4, -0.2) is 15.6 Å². The topological polar surface area (TPSA) is 29.9 Å². The van der Waals surface area contributed by atoms with Crippen LogP contribution in [0.5, 0.6) is 0 Å². The van der Waals surface area contributed by atoms with Crippen LogP contribution in [0.25, 0.3) is 11.0 Å². The molecule has 1 aliphatic rings. The van der Waals surface area contributed by atoms with Crippen LogP contribution >= 0.6 is 0 Å². The summed E-state index contributed by atoms with van der Waals surface area (Å²) in [5.41, 5.74) is 1.71. The summed E-state index contributed by atoms with van der Waals surface area (Å²) in [6.07, 6.45) is 2.52. The standard InChI is InChI=1S/C12H14FN3/c1-16-11-6-8(13)2-5-10(11)15-12(16)7-14-9-3-4-9/h2,5-6,9,14H,3-4,7H2,1H3. The van der Waals surface area contributed by atoms with Crippen molar-refractivity contribution in [2.24, 2.45) is 7.05 Å². The van der Waals surface area contributed by atoms with Crippen molar-refractivity contribution in [3.63, 3.8) is 0 Å². The Labute approximate surface area is 93.3 Å². The lowest BCUT2D eigenvalue weighted by atomic mass is 10.3. The van der Waals surface area contributed by atoms with Crippen LogP contribution < -0.4 is 5.32 Å². The quantitative estimate of drug-likeness (QED) is 0.855. The number of nitrogens with zero attached hydrogens (tertiary/aromatic N) is 2. The first-order valence-electron chi connectivity index (χ1n) is 5.58. The molecule has 3 nitrogen and oxygen atoms in total. The van der Waals surface area contributed by atoms with Crippen molar-refractivity contribution in [1.82, 2.24) is 14.9 Å². The number of imidazole rings is 1. The summed E-state index contributed by atoms with van der Waals surface area (Å²) in [5.74, 6) is 0.754. The highest BCUT2D eigenvalue weighted by molar-refractivity contribution is 5.75. The fraction of sp³-hybridized carbons (Fsp3) is 0.417. The van der Waals surface area contributed by atoms with Gasteiger partial charge in [-0.2, -0.15) is 0 Å². The van der Waals surface area contributed by atoms with Crippen LogP contribution in [-0.2, 0) is 13.6 Å². The number of benzene rings is 1. The molecule has 1 fully saturated rings. The number of rotatable bonds is 3. The number of aromatic nitrogens is 2. The normalized spacial score (nSPS) is 15.9. The third-order valence-corrected chi connectivity index (χ3v) is 3.06. The van der Waals surface area contributed by atoms with Gasteiger partial charge in [-0.3, -0.25) is 0 Å². The van der Waals surface area contributed by atoms with Gasteiger partial charge in [-0.05, 0) is 31.0 Å². The van der Waals surface area contributed by atoms with Crippen LogP contribution in [0.1, 0.15) is 18.7 Å². The molecule has 0 bridgehead atoms. The molecule has 0 amide bonds. The summed E-state index contributed by atoms with van der Waals surface area (Å²) in [6, 6.07) is 5.37. The van der Waals surface area contributed by atoms with E-state index in [4.69, 9.17) is 0 Å². The molecule has 1 N–H and O–H groups in total. The van der Waals surface area contributed by atoms with Gasteiger partial charge < -0.3 is 9.88 Å². The van der Waals surface area contributed by atoms with Gasteiger partial charge in [0.05, 0.1) is 17.6 Å². The number of hydrogen-bond donors (Lipinski definition) is 1. The Kier molecular flexibility index (Phi) is 2.17. The fourth-order valence-corrected chi connectivity index (χ4v) is 1.89. The molecule has 1 heterocycles. The lowest BCUT2D eigenvalue weighted by Gasteiger charge is -2.03. The fourth-order valence-electron chi connectivity index (χ4n) is 1.89. The molecule has 4 heteroatoms. The predicted octanol–water partition coefficient (Wildman–Crippen LogP) is 1.96. The number of nitrogens with one attached hydrogen (secondary N) is 1. The number of aryl methyl sites for hydroxylation is 1. The van der Waals surface area contributed by atoms with Crippen molar-refractivity contribution in [1.29, 1.82) is 0 Å². The summed E-state index contributed by atoms with van der Waals surface area (Å²) >= 11 is 0. The lowest BCUT2D eigenvalue weighted by molar-refractivity contribution is 0.626. The minimum absolute atomic E-state index is 0.211. The highest BCUT2D eigenvalue weighted by atomic mass is 19.1. The maximum Gasteiger partial charge on any atom is 0.125 e. The Bertz CT molecular complexity index is 528. The first-order chi connectivity index (χ1) is 7.74. The van der Waals surface area contributed by atoms with Crippen LogP contribution in [0.2, 0.25) is 0 Å². The van der Waals surface area contributed by atoms with Crippen LogP contribution in [0, 0.1) is 5.82 Å². The maximum absolute atomic E-state index is 13.1. The zero-order valence-corrected chi connectivity index (χ0v) is 9.20. The number of halogens is 1. The van der Waals surface area contributed by atoms with E-state index in [9.17, 15) is 4.39 Å². The van der Waals surface area contributed by atoms with Gasteiger partial charge >= 0.3 is 0 Å². The summed E-state index contributed by atoms with van der Waals surface area (Å²) in [7, 11) is 1.93. The highest BCUT2D eigenvalue weighted by Gasteiger charge is 2.21. The van der Waals surface area contributed by atoms with Gasteiger partial charge in [0.25, 0.3) is 0 Å². The maximum atomic E-state index is 13.1. The Balaban J connectivity index is 1.94. The molecule has 2 aromatic rings. The summed E-state index contributed by atoms with van der Waals surface area (Å²) in [4.78, 5) is 4.49. The first-order valence-corrected chi connectivity index (χ1v) is 5.58. The van der Waals surface area contributed by atoms with Gasteiger partial charge in [-0.25, -0.2) is 9.37 Å². The van der Waals surface area contributed by atoms with Crippen molar-refractivity contribution >= 4 is 11.0 Å². The Morgan fingerprint density at radius 1 is 1.50 bits per heavy atom. The molecule has 0 radical (unpaired) electrons.